The molecule has 2 aromatic heterocycles. The number of amides is 1. The van der Waals surface area contributed by atoms with Gasteiger partial charge in [-0.05, 0) is 18.4 Å². The standard InChI is InChI=1S/C16H20N6O.C6H8O7/c1-11-5-8-22(14(23)3-6-17)9-13(11)21(2)16-12-4-7-18-15(12)19-10-20-16;7-3(8)1-6(13,5(11)12)2-4(9)10/h4,7,10-11,13H,3,5,8-9H2,1-2H3,(H,18,19,20);13H,1-2H2,(H,7,8)(H,9,10)(H,11,12)/t11-,13+;/m1./s1/i3+1,6+1,14+1,17+1;. The van der Waals surface area contributed by atoms with E-state index in [2.05, 4.69) is 26.8 Å². The largest absolute Gasteiger partial charge is 0.481 e. The lowest BCUT2D eigenvalue weighted by molar-refractivity contribution is -0.170. The molecule has 1 amide bonds. The normalized spacial score (nSPS) is 17.4. The molecule has 14 nitrogen and oxygen atoms in total. The van der Waals surface area contributed by atoms with Gasteiger partial charge in [0, 0.05) is 26.3 Å². The van der Waals surface area contributed by atoms with Crippen LogP contribution in [0.25, 0.3) is 11.0 Å². The van der Waals surface area contributed by atoms with Crippen LogP contribution >= 0.6 is 0 Å². The number of anilines is 1. The summed E-state index contributed by atoms with van der Waals surface area (Å²) in [6.07, 6.45) is 1.98. The minimum atomic E-state index is -2.74. The summed E-state index contributed by atoms with van der Waals surface area (Å²) in [6, 6.07) is 4.07. The molecule has 3 heterocycles. The molecule has 1 aliphatic rings. The highest BCUT2D eigenvalue weighted by Gasteiger charge is 2.40. The average molecular weight is 508 g/mol. The summed E-state index contributed by atoms with van der Waals surface area (Å²) in [5.74, 6) is -3.81. The fraction of sp³-hybridized carbons (Fsp3) is 0.500. The fourth-order valence-corrected chi connectivity index (χ4v) is 3.97. The minimum Gasteiger partial charge on any atom is -0.481 e. The summed E-state index contributed by atoms with van der Waals surface area (Å²) in [5, 5.41) is 43.5. The van der Waals surface area contributed by atoms with E-state index in [4.69, 9.17) is 25.7 Å². The van der Waals surface area contributed by atoms with Crippen molar-refractivity contribution in [2.75, 3.05) is 25.0 Å². The molecule has 0 aliphatic carbocycles. The number of hydrogen-bond acceptors (Lipinski definition) is 9. The number of aromatic nitrogens is 3. The number of fused-ring (bicyclic) bond motifs is 1. The number of aromatic amines is 1. The third-order valence-electron chi connectivity index (χ3n) is 5.95. The van der Waals surface area contributed by atoms with E-state index in [1.165, 1.54) is 0 Å². The Labute approximate surface area is 205 Å². The van der Waals surface area contributed by atoms with Gasteiger partial charge in [0.25, 0.3) is 0 Å². The number of likely N-dealkylation sites (N-methyl/N-ethyl adjacent to an activating group) is 1. The van der Waals surface area contributed by atoms with Crippen molar-refractivity contribution in [2.45, 2.75) is 44.2 Å². The maximum atomic E-state index is 12.0. The number of carboxylic acid groups (broad SMARTS) is 3. The highest BCUT2D eigenvalue weighted by molar-refractivity contribution is 5.88. The smallest absolute Gasteiger partial charge is 0.336 e. The number of aliphatic hydroxyl groups is 1. The monoisotopic (exact) mass is 508 g/mol. The summed E-state index contributed by atoms with van der Waals surface area (Å²) >= 11 is 0. The lowest BCUT2D eigenvalue weighted by atomic mass is 9.93. The molecular formula is C22H28N6O8. The Morgan fingerprint density at radius 1 is 1.22 bits per heavy atom. The first-order valence-electron chi connectivity index (χ1n) is 10.9. The van der Waals surface area contributed by atoms with Crippen LogP contribution in [0, 0.1) is 17.2 Å². The van der Waals surface area contributed by atoms with E-state index in [1.54, 1.807) is 11.2 Å². The predicted molar refractivity (Wildman–Crippen MR) is 124 cm³/mol. The third-order valence-corrected chi connectivity index (χ3v) is 5.95. The van der Waals surface area contributed by atoms with Crippen LogP contribution in [-0.2, 0) is 19.2 Å². The number of nitrogens with one attached hydrogen (secondary N) is 1. The third kappa shape index (κ3) is 6.89. The van der Waals surface area contributed by atoms with Crippen molar-refractivity contribution < 1.29 is 39.6 Å². The van der Waals surface area contributed by atoms with E-state index in [0.29, 0.717) is 12.5 Å². The van der Waals surface area contributed by atoms with Crippen LogP contribution in [0.5, 0.6) is 0 Å². The first kappa shape index (κ1) is 28.0. The van der Waals surface area contributed by atoms with Crippen molar-refractivity contribution in [2.24, 2.45) is 5.92 Å². The number of likely N-dealkylation sites (tertiary alicyclic amines) is 1. The molecule has 1 aliphatic heterocycles. The van der Waals surface area contributed by atoms with Gasteiger partial charge in [-0.3, -0.25) is 14.4 Å². The molecule has 1 fully saturated rings. The second-order valence-electron chi connectivity index (χ2n) is 8.53. The number of nitrogens with zero attached hydrogens (tertiary/aromatic N) is 5. The van der Waals surface area contributed by atoms with Gasteiger partial charge in [0.1, 0.15) is 24.2 Å². The van der Waals surface area contributed by atoms with Gasteiger partial charge < -0.3 is 35.2 Å². The maximum absolute atomic E-state index is 12.0. The van der Waals surface area contributed by atoms with E-state index < -0.39 is 36.4 Å². The lowest BCUT2D eigenvalue weighted by Crippen LogP contribution is -2.52. The number of carbonyl (C=O) groups excluding carboxylic acids is 1. The lowest BCUT2D eigenvalue weighted by Gasteiger charge is -2.42. The second-order valence-corrected chi connectivity index (χ2v) is 8.53. The van der Waals surface area contributed by atoms with Gasteiger partial charge >= 0.3 is 17.9 Å². The van der Waals surface area contributed by atoms with Crippen molar-refractivity contribution in [1.82, 2.24) is 19.9 Å². The maximum Gasteiger partial charge on any atom is 0.336 e. The number of H-pyrrole nitrogens is 1. The number of nitriles is 1. The zero-order chi connectivity index (χ0) is 27.0. The Balaban J connectivity index is 0.000000302. The van der Waals surface area contributed by atoms with Crippen LogP contribution in [0.3, 0.4) is 0 Å². The number of carbonyl (C=O) groups is 4. The topological polar surface area (TPSA) is 221 Å². The Morgan fingerprint density at radius 2 is 1.86 bits per heavy atom. The Hall–Kier alpha value is -4.25. The molecular weight excluding hydrogens is 480 g/mol. The molecule has 0 saturated carbocycles. The Kier molecular flexibility index (Phi) is 9.28. The van der Waals surface area contributed by atoms with Crippen molar-refractivity contribution >= 4 is 40.7 Å². The van der Waals surface area contributed by atoms with Crippen molar-refractivity contribution in [1.29, 1.82) is 5.26 Å². The Bertz CT molecular complexity index is 1140. The SMILES string of the molecule is C[C@@H]1CCN([13C](=O)[13CH2][13C]#[15N])C[C@@H]1N(C)c1ncnc2[nH]ccc12.O=C(O)CC(O)(CC(=O)O)C(=O)O. The van der Waals surface area contributed by atoms with Gasteiger partial charge in [-0.15, -0.1) is 0 Å². The molecule has 0 radical (unpaired) electrons. The minimum absolute atomic E-state index is 0.0552. The van der Waals surface area contributed by atoms with Crippen LogP contribution in [0.15, 0.2) is 18.6 Å². The molecule has 0 spiro atoms. The van der Waals surface area contributed by atoms with E-state index in [1.807, 2.05) is 25.4 Å². The number of rotatable bonds is 8. The molecule has 0 unspecified atom stereocenters. The van der Waals surface area contributed by atoms with Gasteiger partial charge in [0.15, 0.2) is 5.60 Å². The molecule has 1 saturated heterocycles. The first-order valence-corrected chi connectivity index (χ1v) is 10.9. The Morgan fingerprint density at radius 3 is 2.42 bits per heavy atom. The molecule has 36 heavy (non-hydrogen) atoms. The number of aliphatic carboxylic acids is 3. The zero-order valence-electron chi connectivity index (χ0n) is 19.8. The van der Waals surface area contributed by atoms with Crippen LogP contribution in [-0.4, -0.2) is 95.9 Å². The number of hydrogen-bond donors (Lipinski definition) is 5. The van der Waals surface area contributed by atoms with E-state index in [9.17, 15) is 19.2 Å². The molecule has 194 valence electrons. The average Bonchev–Trinajstić information content (AvgIpc) is 3.27. The van der Waals surface area contributed by atoms with Crippen LogP contribution in [0.1, 0.15) is 32.6 Å². The second kappa shape index (κ2) is 11.9. The van der Waals surface area contributed by atoms with Crippen molar-refractivity contribution in [3.63, 3.8) is 0 Å². The van der Waals surface area contributed by atoms with Crippen LogP contribution in [0.4, 0.5) is 5.82 Å². The molecule has 5 N–H and O–H groups in total. The van der Waals surface area contributed by atoms with Gasteiger partial charge in [-0.2, -0.15) is 5.26 Å². The van der Waals surface area contributed by atoms with E-state index in [-0.39, 0.29) is 18.4 Å². The van der Waals surface area contributed by atoms with Crippen molar-refractivity contribution in [3.8, 4) is 6.07 Å². The highest BCUT2D eigenvalue weighted by atomic mass is 16.4. The summed E-state index contributed by atoms with van der Waals surface area (Å²) < 4.78 is 0. The van der Waals surface area contributed by atoms with Gasteiger partial charge in [0.05, 0.1) is 30.3 Å². The van der Waals surface area contributed by atoms with Gasteiger partial charge in [-0.25, -0.2) is 14.8 Å². The summed E-state index contributed by atoms with van der Waals surface area (Å²) in [5.41, 5.74) is -1.93. The van der Waals surface area contributed by atoms with Gasteiger partial charge in [-0.1, -0.05) is 6.92 Å². The molecule has 0 bridgehead atoms. The van der Waals surface area contributed by atoms with Crippen LogP contribution in [0.2, 0.25) is 0 Å². The first-order chi connectivity index (χ1) is 16.9. The molecule has 2 atom stereocenters. The molecule has 2 aromatic rings. The number of piperidine rings is 1. The summed E-state index contributed by atoms with van der Waals surface area (Å²) in [4.78, 5) is 58.2. The predicted octanol–water partition coefficient (Wildman–Crippen LogP) is 0.296. The van der Waals surface area contributed by atoms with E-state index >= 15 is 0 Å². The molecule has 0 aromatic carbocycles. The number of carboxylic acids is 3. The molecule has 14 heteroatoms. The fourth-order valence-electron chi connectivity index (χ4n) is 3.97. The van der Waals surface area contributed by atoms with Gasteiger partial charge in [0.2, 0.25) is 5.91 Å². The van der Waals surface area contributed by atoms with Crippen molar-refractivity contribution in [3.05, 3.63) is 18.6 Å². The summed E-state index contributed by atoms with van der Waals surface area (Å²) in [7, 11) is 2.01. The van der Waals surface area contributed by atoms with Crippen LogP contribution < -0.4 is 4.90 Å². The van der Waals surface area contributed by atoms with E-state index in [0.717, 1.165) is 29.8 Å². The zero-order valence-corrected chi connectivity index (χ0v) is 19.8. The highest BCUT2D eigenvalue weighted by Crippen LogP contribution is 2.28. The quantitative estimate of drug-likeness (QED) is 0.240. The summed E-state index contributed by atoms with van der Waals surface area (Å²) in [6.45, 7) is 3.53. The molecule has 3 rings (SSSR count).